The smallest absolute Gasteiger partial charge is 0.332 e. The predicted molar refractivity (Wildman–Crippen MR) is 95.9 cm³/mol. The maximum absolute atomic E-state index is 12.9. The summed E-state index contributed by atoms with van der Waals surface area (Å²) in [5.74, 6) is -2.30. The van der Waals surface area contributed by atoms with Crippen molar-refractivity contribution < 1.29 is 23.7 Å². The van der Waals surface area contributed by atoms with Crippen molar-refractivity contribution in [2.75, 3.05) is 6.16 Å². The average Bonchev–Trinajstić information content (AvgIpc) is 2.57. The normalized spacial score (nSPS) is 20.0. The second-order valence-corrected chi connectivity index (χ2v) is 9.24. The molecular weight excluding hydrogens is 344 g/mol. The average molecular weight is 369 g/mol. The topological polar surface area (TPSA) is 101 Å². The monoisotopic (exact) mass is 369 g/mol. The van der Waals surface area contributed by atoms with Crippen LogP contribution in [0.25, 0.3) is 6.08 Å². The van der Waals surface area contributed by atoms with Crippen molar-refractivity contribution in [2.45, 2.75) is 44.3 Å². The molecule has 1 fully saturated rings. The molecule has 2 atom stereocenters. The highest BCUT2D eigenvalue weighted by atomic mass is 31.2. The highest BCUT2D eigenvalue weighted by Gasteiger charge is 2.32. The predicted octanol–water partition coefficient (Wildman–Crippen LogP) is 3.82. The van der Waals surface area contributed by atoms with Crippen LogP contribution in [0.1, 0.15) is 44.1 Å². The first-order chi connectivity index (χ1) is 11.8. The summed E-state index contributed by atoms with van der Waals surface area (Å²) < 4.78 is 25.6. The van der Waals surface area contributed by atoms with Gasteiger partial charge in [0.2, 0.25) is 7.37 Å². The van der Waals surface area contributed by atoms with E-state index in [-0.39, 0.29) is 5.57 Å². The largest absolute Gasteiger partial charge is 0.478 e. The van der Waals surface area contributed by atoms with Gasteiger partial charge in [-0.2, -0.15) is 0 Å². The molecule has 1 aliphatic carbocycles. The van der Waals surface area contributed by atoms with Crippen molar-refractivity contribution in [3.05, 3.63) is 41.2 Å². The molecule has 0 heterocycles. The Hall–Kier alpha value is -1.49. The van der Waals surface area contributed by atoms with Crippen LogP contribution in [-0.4, -0.2) is 27.9 Å². The van der Waals surface area contributed by atoms with Gasteiger partial charge in [-0.05, 0) is 36.1 Å². The van der Waals surface area contributed by atoms with Crippen molar-refractivity contribution >= 4 is 19.4 Å². The second-order valence-electron chi connectivity index (χ2n) is 6.75. The molecule has 0 aromatic heterocycles. The van der Waals surface area contributed by atoms with Gasteiger partial charge in [-0.1, -0.05) is 44.2 Å². The molecule has 1 saturated carbocycles. The van der Waals surface area contributed by atoms with E-state index >= 15 is 0 Å². The standard InChI is InChI=1S/C18H25FNO4P/c19-16-8-6-14(7-9-16)10-15(18(21)22)12-25(23,24)17(20)11-13-4-2-1-3-5-13/h6-10,13,17H,1-5,11-12,20H2,(H,21,22)(H,23,24)/b15-10+. The van der Waals surface area contributed by atoms with E-state index < -0.39 is 31.1 Å². The Morgan fingerprint density at radius 2 is 1.88 bits per heavy atom. The van der Waals surface area contributed by atoms with Crippen LogP contribution in [0.5, 0.6) is 0 Å². The van der Waals surface area contributed by atoms with Gasteiger partial charge in [-0.3, -0.25) is 4.57 Å². The summed E-state index contributed by atoms with van der Waals surface area (Å²) in [6, 6.07) is 5.25. The highest BCUT2D eigenvalue weighted by Crippen LogP contribution is 2.49. The SMILES string of the molecule is NC(CC1CCCCC1)P(=O)(O)C/C(=C\c1ccc(F)cc1)C(=O)O. The maximum Gasteiger partial charge on any atom is 0.332 e. The lowest BCUT2D eigenvalue weighted by Gasteiger charge is -2.27. The first kappa shape index (κ1) is 19.8. The van der Waals surface area contributed by atoms with Crippen molar-refractivity contribution in [2.24, 2.45) is 11.7 Å². The van der Waals surface area contributed by atoms with E-state index in [0.29, 0.717) is 17.9 Å². The van der Waals surface area contributed by atoms with E-state index in [4.69, 9.17) is 5.73 Å². The number of rotatable bonds is 7. The van der Waals surface area contributed by atoms with Gasteiger partial charge in [-0.25, -0.2) is 9.18 Å². The van der Waals surface area contributed by atoms with Crippen molar-refractivity contribution in [3.8, 4) is 0 Å². The van der Waals surface area contributed by atoms with E-state index in [1.807, 2.05) is 0 Å². The molecule has 1 aromatic carbocycles. The van der Waals surface area contributed by atoms with Crippen LogP contribution in [0.3, 0.4) is 0 Å². The zero-order valence-electron chi connectivity index (χ0n) is 14.1. The number of nitrogens with two attached hydrogens (primary N) is 1. The van der Waals surface area contributed by atoms with Crippen molar-refractivity contribution in [1.29, 1.82) is 0 Å². The number of benzene rings is 1. The molecule has 4 N–H and O–H groups in total. The summed E-state index contributed by atoms with van der Waals surface area (Å²) in [7, 11) is -3.85. The van der Waals surface area contributed by atoms with Gasteiger partial charge >= 0.3 is 5.97 Å². The molecule has 25 heavy (non-hydrogen) atoms. The quantitative estimate of drug-likeness (QED) is 0.501. The van der Waals surface area contributed by atoms with Gasteiger partial charge in [0.05, 0.1) is 11.9 Å². The zero-order chi connectivity index (χ0) is 18.4. The Morgan fingerprint density at radius 1 is 1.28 bits per heavy atom. The van der Waals surface area contributed by atoms with Crippen LogP contribution >= 0.6 is 7.37 Å². The van der Waals surface area contributed by atoms with Crippen LogP contribution in [0.2, 0.25) is 0 Å². The third-order valence-corrected chi connectivity index (χ3v) is 6.74. The zero-order valence-corrected chi connectivity index (χ0v) is 15.0. The minimum Gasteiger partial charge on any atom is -0.478 e. The van der Waals surface area contributed by atoms with Gasteiger partial charge in [0.15, 0.2) is 0 Å². The summed E-state index contributed by atoms with van der Waals surface area (Å²) >= 11 is 0. The van der Waals surface area contributed by atoms with Gasteiger partial charge in [-0.15, -0.1) is 0 Å². The molecule has 1 aromatic rings. The summed E-state index contributed by atoms with van der Waals surface area (Å²) in [5.41, 5.74) is 6.22. The number of halogens is 1. The Kier molecular flexibility index (Phi) is 6.94. The molecule has 2 rings (SSSR count). The Labute approximate surface area is 147 Å². The van der Waals surface area contributed by atoms with E-state index in [1.54, 1.807) is 0 Å². The number of carboxylic acids is 1. The fourth-order valence-electron chi connectivity index (χ4n) is 3.23. The molecule has 138 valence electrons. The molecule has 0 radical (unpaired) electrons. The molecule has 0 amide bonds. The number of aliphatic carboxylic acids is 1. The Bertz CT molecular complexity index is 668. The molecule has 0 aliphatic heterocycles. The molecule has 5 nitrogen and oxygen atoms in total. The van der Waals surface area contributed by atoms with E-state index in [1.165, 1.54) is 36.8 Å². The molecule has 0 bridgehead atoms. The second kappa shape index (κ2) is 8.75. The number of carboxylic acid groups (broad SMARTS) is 1. The molecule has 7 heteroatoms. The molecule has 1 aliphatic rings. The van der Waals surface area contributed by atoms with Crippen LogP contribution in [0.4, 0.5) is 4.39 Å². The van der Waals surface area contributed by atoms with Gasteiger partial charge in [0, 0.05) is 5.57 Å². The maximum atomic E-state index is 12.9. The molecular formula is C18H25FNO4P. The van der Waals surface area contributed by atoms with Gasteiger partial charge in [0.1, 0.15) is 5.82 Å². The van der Waals surface area contributed by atoms with Crippen molar-refractivity contribution in [3.63, 3.8) is 0 Å². The lowest BCUT2D eigenvalue weighted by molar-refractivity contribution is -0.132. The fourth-order valence-corrected chi connectivity index (χ4v) is 4.80. The fraction of sp³-hybridized carbons (Fsp3) is 0.500. The summed E-state index contributed by atoms with van der Waals surface area (Å²) in [4.78, 5) is 21.8. The summed E-state index contributed by atoms with van der Waals surface area (Å²) in [6.07, 6.45) is 6.65. The van der Waals surface area contributed by atoms with E-state index in [2.05, 4.69) is 0 Å². The van der Waals surface area contributed by atoms with Gasteiger partial charge in [0.25, 0.3) is 0 Å². The minimum absolute atomic E-state index is 0.198. The van der Waals surface area contributed by atoms with Gasteiger partial charge < -0.3 is 15.7 Å². The van der Waals surface area contributed by atoms with E-state index in [0.717, 1.165) is 25.7 Å². The lowest BCUT2D eigenvalue weighted by Crippen LogP contribution is -2.27. The number of hydrogen-bond acceptors (Lipinski definition) is 3. The summed E-state index contributed by atoms with van der Waals surface area (Å²) in [6.45, 7) is 0. The lowest BCUT2D eigenvalue weighted by atomic mass is 9.87. The highest BCUT2D eigenvalue weighted by molar-refractivity contribution is 7.59. The molecule has 0 saturated heterocycles. The summed E-state index contributed by atoms with van der Waals surface area (Å²) in [5, 5.41) is 9.34. The first-order valence-corrected chi connectivity index (χ1v) is 10.5. The van der Waals surface area contributed by atoms with E-state index in [9.17, 15) is 23.7 Å². The van der Waals surface area contributed by atoms with Crippen molar-refractivity contribution in [1.82, 2.24) is 0 Å². The Balaban J connectivity index is 2.09. The van der Waals surface area contributed by atoms with Crippen LogP contribution in [0, 0.1) is 11.7 Å². The third-order valence-electron chi connectivity index (χ3n) is 4.70. The number of hydrogen-bond donors (Lipinski definition) is 3. The Morgan fingerprint density at radius 3 is 2.44 bits per heavy atom. The number of carbonyl (C=O) groups is 1. The van der Waals surface area contributed by atoms with Crippen LogP contribution in [0.15, 0.2) is 29.8 Å². The minimum atomic E-state index is -3.85. The molecule has 0 spiro atoms. The van der Waals surface area contributed by atoms with Crippen LogP contribution < -0.4 is 5.73 Å². The third kappa shape index (κ3) is 6.07. The van der Waals surface area contributed by atoms with Crippen LogP contribution in [-0.2, 0) is 9.36 Å². The molecule has 2 unspecified atom stereocenters. The first-order valence-electron chi connectivity index (χ1n) is 8.54.